The van der Waals surface area contributed by atoms with E-state index in [1.165, 1.54) is 26.2 Å². The van der Waals surface area contributed by atoms with Crippen molar-refractivity contribution in [3.63, 3.8) is 0 Å². The number of rotatable bonds is 8. The predicted octanol–water partition coefficient (Wildman–Crippen LogP) is 1.90. The van der Waals surface area contributed by atoms with Gasteiger partial charge in [0, 0.05) is 17.7 Å². The average molecular weight is 401 g/mol. The lowest BCUT2D eigenvalue weighted by atomic mass is 10.2. The van der Waals surface area contributed by atoms with Gasteiger partial charge in [-0.15, -0.1) is 0 Å². The molecule has 0 aliphatic carbocycles. The number of non-ortho nitro benzene ring substituents is 1. The number of carbonyl (C=O) groups excluding carboxylic acids is 3. The lowest BCUT2D eigenvalue weighted by molar-refractivity contribution is -0.384. The summed E-state index contributed by atoms with van der Waals surface area (Å²) >= 11 is 0. The first-order valence-electron chi connectivity index (χ1n) is 8.48. The molecule has 0 aliphatic heterocycles. The number of esters is 1. The third-order valence-corrected chi connectivity index (χ3v) is 3.76. The van der Waals surface area contributed by atoms with Crippen LogP contribution in [0.4, 0.5) is 11.4 Å². The van der Waals surface area contributed by atoms with Crippen molar-refractivity contribution in [2.24, 2.45) is 0 Å². The van der Waals surface area contributed by atoms with E-state index in [2.05, 4.69) is 10.6 Å². The van der Waals surface area contributed by atoms with Crippen molar-refractivity contribution < 1.29 is 28.8 Å². The minimum atomic E-state index is -1.21. The van der Waals surface area contributed by atoms with Crippen molar-refractivity contribution in [3.8, 4) is 5.75 Å². The highest BCUT2D eigenvalue weighted by Gasteiger charge is 2.21. The summed E-state index contributed by atoms with van der Waals surface area (Å²) < 4.78 is 10.0. The van der Waals surface area contributed by atoms with Crippen LogP contribution in [0.3, 0.4) is 0 Å². The number of benzene rings is 2. The number of carbonyl (C=O) groups is 3. The van der Waals surface area contributed by atoms with E-state index >= 15 is 0 Å². The molecule has 0 saturated carbocycles. The van der Waals surface area contributed by atoms with Crippen LogP contribution in [0.2, 0.25) is 0 Å². The Labute approximate surface area is 166 Å². The van der Waals surface area contributed by atoms with Crippen LogP contribution in [0.15, 0.2) is 48.5 Å². The largest absolute Gasteiger partial charge is 0.495 e. The van der Waals surface area contributed by atoms with E-state index in [0.717, 1.165) is 6.07 Å². The Morgan fingerprint density at radius 1 is 1.14 bits per heavy atom. The maximum absolute atomic E-state index is 12.3. The second-order valence-corrected chi connectivity index (χ2v) is 5.81. The fraction of sp³-hybridized carbons (Fsp3) is 0.211. The molecule has 2 aromatic carbocycles. The van der Waals surface area contributed by atoms with Gasteiger partial charge in [0.05, 0.1) is 17.7 Å². The van der Waals surface area contributed by atoms with Crippen molar-refractivity contribution >= 4 is 29.2 Å². The van der Waals surface area contributed by atoms with E-state index in [4.69, 9.17) is 9.47 Å². The quantitative estimate of drug-likeness (QED) is 0.391. The molecule has 0 aliphatic rings. The van der Waals surface area contributed by atoms with Crippen LogP contribution < -0.4 is 15.4 Å². The first-order chi connectivity index (χ1) is 13.8. The standard InChI is InChI=1S/C19H19N3O7/c1-12(29-17(23)11-20-19(25)13-6-4-3-5-7-13)18(24)21-15-10-14(22(26)27)8-9-16(15)28-2/h3-10,12H,11H2,1-2H3,(H,20,25)(H,21,24)/t12-/m1/s1. The van der Waals surface area contributed by atoms with Gasteiger partial charge in [0.25, 0.3) is 17.5 Å². The fourth-order valence-corrected chi connectivity index (χ4v) is 2.28. The van der Waals surface area contributed by atoms with E-state index in [0.29, 0.717) is 5.56 Å². The smallest absolute Gasteiger partial charge is 0.326 e. The molecule has 2 N–H and O–H groups in total. The Balaban J connectivity index is 1.91. The first kappa shape index (κ1) is 21.4. The molecule has 2 aromatic rings. The molecule has 2 rings (SSSR count). The summed E-state index contributed by atoms with van der Waals surface area (Å²) in [5, 5.41) is 15.7. The van der Waals surface area contributed by atoms with Crippen molar-refractivity contribution in [1.82, 2.24) is 5.32 Å². The minimum Gasteiger partial charge on any atom is -0.495 e. The van der Waals surface area contributed by atoms with Crippen LogP contribution in [0, 0.1) is 10.1 Å². The maximum Gasteiger partial charge on any atom is 0.326 e. The Bertz CT molecular complexity index is 915. The topological polar surface area (TPSA) is 137 Å². The molecule has 0 heterocycles. The van der Waals surface area contributed by atoms with E-state index in [1.807, 2.05) is 0 Å². The number of nitro groups is 1. The molecule has 0 unspecified atom stereocenters. The van der Waals surface area contributed by atoms with Crippen LogP contribution in [-0.4, -0.2) is 42.5 Å². The van der Waals surface area contributed by atoms with Crippen molar-refractivity contribution in [1.29, 1.82) is 0 Å². The molecule has 1 atom stereocenters. The highest BCUT2D eigenvalue weighted by molar-refractivity contribution is 5.98. The van der Waals surface area contributed by atoms with Gasteiger partial charge in [0.1, 0.15) is 12.3 Å². The van der Waals surface area contributed by atoms with E-state index in [-0.39, 0.29) is 17.1 Å². The number of nitro benzene ring substituents is 1. The lowest BCUT2D eigenvalue weighted by Crippen LogP contribution is -2.35. The highest BCUT2D eigenvalue weighted by atomic mass is 16.6. The van der Waals surface area contributed by atoms with E-state index < -0.39 is 35.4 Å². The molecular formula is C19H19N3O7. The van der Waals surface area contributed by atoms with Crippen molar-refractivity contribution in [2.45, 2.75) is 13.0 Å². The molecule has 2 amide bonds. The molecule has 0 aromatic heterocycles. The summed E-state index contributed by atoms with van der Waals surface area (Å²) in [6.45, 7) is 0.904. The van der Waals surface area contributed by atoms with E-state index in [9.17, 15) is 24.5 Å². The maximum atomic E-state index is 12.3. The number of methoxy groups -OCH3 is 1. The summed E-state index contributed by atoms with van der Waals surface area (Å²) in [6, 6.07) is 12.0. The summed E-state index contributed by atoms with van der Waals surface area (Å²) in [5.41, 5.74) is 0.199. The summed E-state index contributed by atoms with van der Waals surface area (Å²) in [4.78, 5) is 46.3. The van der Waals surface area contributed by atoms with Gasteiger partial charge in [0.15, 0.2) is 6.10 Å². The van der Waals surface area contributed by atoms with Crippen LogP contribution >= 0.6 is 0 Å². The molecule has 0 bridgehead atoms. The number of amides is 2. The second-order valence-electron chi connectivity index (χ2n) is 5.81. The predicted molar refractivity (Wildman–Crippen MR) is 103 cm³/mol. The summed E-state index contributed by atoms with van der Waals surface area (Å²) in [7, 11) is 1.34. The van der Waals surface area contributed by atoms with Crippen LogP contribution in [0.1, 0.15) is 17.3 Å². The number of ether oxygens (including phenoxy) is 2. The molecule has 0 spiro atoms. The molecule has 10 nitrogen and oxygen atoms in total. The monoisotopic (exact) mass is 401 g/mol. The van der Waals surface area contributed by atoms with Crippen molar-refractivity contribution in [2.75, 3.05) is 19.0 Å². The van der Waals surface area contributed by atoms with Gasteiger partial charge in [-0.3, -0.25) is 24.5 Å². The van der Waals surface area contributed by atoms with Gasteiger partial charge in [-0.05, 0) is 25.1 Å². The summed E-state index contributed by atoms with van der Waals surface area (Å²) in [6.07, 6.45) is -1.21. The summed E-state index contributed by atoms with van der Waals surface area (Å²) in [5.74, 6) is -1.78. The molecule has 10 heteroatoms. The highest BCUT2D eigenvalue weighted by Crippen LogP contribution is 2.29. The number of nitrogens with one attached hydrogen (secondary N) is 2. The number of nitrogens with zero attached hydrogens (tertiary/aromatic N) is 1. The first-order valence-corrected chi connectivity index (χ1v) is 8.48. The van der Waals surface area contributed by atoms with Gasteiger partial charge >= 0.3 is 5.97 Å². The Kier molecular flexibility index (Phi) is 7.24. The fourth-order valence-electron chi connectivity index (χ4n) is 2.28. The van der Waals surface area contributed by atoms with Gasteiger partial charge in [-0.25, -0.2) is 0 Å². The number of hydrogen-bond acceptors (Lipinski definition) is 7. The van der Waals surface area contributed by atoms with Crippen LogP contribution in [0.25, 0.3) is 0 Å². The minimum absolute atomic E-state index is 0.0620. The third-order valence-electron chi connectivity index (χ3n) is 3.76. The van der Waals surface area contributed by atoms with Gasteiger partial charge in [-0.1, -0.05) is 18.2 Å². The normalized spacial score (nSPS) is 11.1. The molecule has 152 valence electrons. The molecule has 0 radical (unpaired) electrons. The van der Waals surface area contributed by atoms with Crippen LogP contribution in [-0.2, 0) is 14.3 Å². The Hall–Kier alpha value is -3.95. The van der Waals surface area contributed by atoms with Gasteiger partial charge < -0.3 is 20.1 Å². The van der Waals surface area contributed by atoms with Crippen molar-refractivity contribution in [3.05, 3.63) is 64.2 Å². The zero-order valence-electron chi connectivity index (χ0n) is 15.7. The number of anilines is 1. The number of hydrogen-bond donors (Lipinski definition) is 2. The van der Waals surface area contributed by atoms with Gasteiger partial charge in [-0.2, -0.15) is 0 Å². The molecular weight excluding hydrogens is 382 g/mol. The third kappa shape index (κ3) is 6.03. The zero-order chi connectivity index (χ0) is 21.4. The average Bonchev–Trinajstić information content (AvgIpc) is 2.72. The Morgan fingerprint density at radius 3 is 2.45 bits per heavy atom. The lowest BCUT2D eigenvalue weighted by Gasteiger charge is -2.15. The second kappa shape index (κ2) is 9.83. The zero-order valence-corrected chi connectivity index (χ0v) is 15.7. The van der Waals surface area contributed by atoms with Gasteiger partial charge in [0.2, 0.25) is 0 Å². The SMILES string of the molecule is COc1ccc([N+](=O)[O-])cc1NC(=O)[C@@H](C)OC(=O)CNC(=O)c1ccccc1. The van der Waals surface area contributed by atoms with E-state index in [1.54, 1.807) is 30.3 Å². The molecule has 29 heavy (non-hydrogen) atoms. The Morgan fingerprint density at radius 2 is 1.83 bits per heavy atom. The molecule has 0 fully saturated rings. The van der Waals surface area contributed by atoms with Crippen LogP contribution in [0.5, 0.6) is 5.75 Å². The molecule has 0 saturated heterocycles.